The molecule has 4 nitrogen and oxygen atoms in total. The third-order valence-corrected chi connectivity index (χ3v) is 4.45. The second-order valence-electron chi connectivity index (χ2n) is 5.02. The Kier molecular flexibility index (Phi) is 11.7. The summed E-state index contributed by atoms with van der Waals surface area (Å²) in [7, 11) is 0. The van der Waals surface area contributed by atoms with Crippen molar-refractivity contribution in [2.24, 2.45) is 0 Å². The molecule has 0 aliphatic carbocycles. The lowest BCUT2D eigenvalue weighted by Gasteiger charge is -2.18. The van der Waals surface area contributed by atoms with E-state index in [0.29, 0.717) is 43.5 Å². The first-order valence-corrected chi connectivity index (χ1v) is 10.6. The van der Waals surface area contributed by atoms with Crippen LogP contribution in [0.2, 0.25) is 0 Å². The van der Waals surface area contributed by atoms with Crippen LogP contribution in [0, 0.1) is 0 Å². The molecule has 26 heavy (non-hydrogen) atoms. The summed E-state index contributed by atoms with van der Waals surface area (Å²) in [6.45, 7) is 2.15. The maximum Gasteiger partial charge on any atom is 0.130 e. The van der Waals surface area contributed by atoms with Gasteiger partial charge in [0.15, 0.2) is 0 Å². The fourth-order valence-electron chi connectivity index (χ4n) is 2.13. The van der Waals surface area contributed by atoms with Crippen molar-refractivity contribution < 1.29 is 0 Å². The van der Waals surface area contributed by atoms with Gasteiger partial charge in [0.05, 0.1) is 0 Å². The van der Waals surface area contributed by atoms with E-state index in [1.54, 1.807) is 0 Å². The van der Waals surface area contributed by atoms with Gasteiger partial charge in [-0.3, -0.25) is 0 Å². The van der Waals surface area contributed by atoms with Crippen molar-refractivity contribution in [3.8, 4) is 0 Å². The first-order chi connectivity index (χ1) is 12.2. The molecule has 0 aliphatic heterocycles. The van der Waals surface area contributed by atoms with Gasteiger partial charge < -0.3 is 21.3 Å². The molecule has 0 unspecified atom stereocenters. The largest absolute Gasteiger partial charge is 0.367 e. The molecule has 0 saturated heterocycles. The summed E-state index contributed by atoms with van der Waals surface area (Å²) in [4.78, 5) is 0. The Morgan fingerprint density at radius 3 is 0.885 bits per heavy atom. The molecule has 142 valence electrons. The second-order valence-corrected chi connectivity index (χ2v) is 9.66. The molecule has 0 aromatic heterocycles. The monoisotopic (exact) mass is 498 g/mol. The zero-order valence-corrected chi connectivity index (χ0v) is 20.2. The zero-order valence-electron chi connectivity index (χ0n) is 13.4. The fourth-order valence-corrected chi connectivity index (χ4v) is 2.74. The lowest BCUT2D eigenvalue weighted by atomic mass is 9.97. The highest BCUT2D eigenvalue weighted by Crippen LogP contribution is 2.19. The van der Waals surface area contributed by atoms with Crippen molar-refractivity contribution in [2.45, 2.75) is 26.2 Å². The molecule has 0 amide bonds. The maximum atomic E-state index is 4.99. The number of hydrogen-bond acceptors (Lipinski definition) is 4. The summed E-state index contributed by atoms with van der Waals surface area (Å²) in [5, 5.41) is 12.2. The number of nitrogens with one attached hydrogen (secondary N) is 4. The van der Waals surface area contributed by atoms with Gasteiger partial charge in [-0.1, -0.05) is 61.0 Å². The zero-order chi connectivity index (χ0) is 19.7. The molecule has 1 aromatic rings. The van der Waals surface area contributed by atoms with Crippen LogP contribution in [0.5, 0.6) is 0 Å². The SMILES string of the molecule is S=C(S)NCc1cc(CNC(=S)S)c(CNC(=S)S)cc1CNC(=S)S. The number of rotatable bonds is 8. The average molecular weight is 499 g/mol. The van der Waals surface area contributed by atoms with Gasteiger partial charge in [0, 0.05) is 26.2 Å². The Hall–Kier alpha value is 0.180. The molecule has 0 radical (unpaired) electrons. The van der Waals surface area contributed by atoms with Crippen molar-refractivity contribution in [1.29, 1.82) is 0 Å². The van der Waals surface area contributed by atoms with Crippen LogP contribution in [-0.2, 0) is 26.2 Å². The van der Waals surface area contributed by atoms with Crippen molar-refractivity contribution in [1.82, 2.24) is 21.3 Å². The van der Waals surface area contributed by atoms with Crippen LogP contribution in [0.1, 0.15) is 22.3 Å². The van der Waals surface area contributed by atoms with E-state index in [-0.39, 0.29) is 0 Å². The van der Waals surface area contributed by atoms with Gasteiger partial charge in [0.25, 0.3) is 0 Å². The topological polar surface area (TPSA) is 48.1 Å². The molecule has 12 heteroatoms. The van der Waals surface area contributed by atoms with Gasteiger partial charge in [0.1, 0.15) is 17.3 Å². The summed E-state index contributed by atoms with van der Waals surface area (Å²) < 4.78 is 1.71. The number of thiocarbonyl (C=S) groups is 4. The van der Waals surface area contributed by atoms with E-state index in [2.05, 4.69) is 83.9 Å². The van der Waals surface area contributed by atoms with Crippen LogP contribution in [0.25, 0.3) is 0 Å². The van der Waals surface area contributed by atoms with Crippen LogP contribution in [0.3, 0.4) is 0 Å². The molecule has 4 N–H and O–H groups in total. The lowest BCUT2D eigenvalue weighted by Crippen LogP contribution is -2.24. The molecule has 0 atom stereocenters. The van der Waals surface area contributed by atoms with E-state index in [9.17, 15) is 0 Å². The molecule has 0 fully saturated rings. The minimum atomic E-state index is 0.427. The van der Waals surface area contributed by atoms with Crippen LogP contribution in [0.4, 0.5) is 0 Å². The van der Waals surface area contributed by atoms with Gasteiger partial charge in [0.2, 0.25) is 0 Å². The Morgan fingerprint density at radius 1 is 0.538 bits per heavy atom. The molecule has 0 aliphatic rings. The van der Waals surface area contributed by atoms with Crippen LogP contribution < -0.4 is 21.3 Å². The van der Waals surface area contributed by atoms with Gasteiger partial charge in [-0.2, -0.15) is 0 Å². The second kappa shape index (κ2) is 12.6. The first kappa shape index (κ1) is 24.2. The van der Waals surface area contributed by atoms with Gasteiger partial charge in [-0.05, 0) is 22.3 Å². The van der Waals surface area contributed by atoms with Crippen molar-refractivity contribution in [3.63, 3.8) is 0 Å². The first-order valence-electron chi connectivity index (χ1n) is 7.19. The predicted molar refractivity (Wildman–Crippen MR) is 140 cm³/mol. The standard InChI is InChI=1S/C14H18N4S8/c19-11(20)15-3-7-1-8(4-16-12(21)22)10(6-18-14(25)26)2-9(7)5-17-13(23)24/h1-2H,3-6H2,(H2,15,19,20)(H2,16,21,22)(H2,17,23,24)(H2,18,25,26). The van der Waals surface area contributed by atoms with Crippen molar-refractivity contribution >= 4 is 117 Å². The Morgan fingerprint density at radius 2 is 0.731 bits per heavy atom. The van der Waals surface area contributed by atoms with Gasteiger partial charge in [-0.15, -0.1) is 50.5 Å². The highest BCUT2D eigenvalue weighted by molar-refractivity contribution is 8.11. The lowest BCUT2D eigenvalue weighted by molar-refractivity contribution is 0.827. The van der Waals surface area contributed by atoms with Crippen LogP contribution in [-0.4, -0.2) is 17.3 Å². The smallest absolute Gasteiger partial charge is 0.130 e. The van der Waals surface area contributed by atoms with E-state index in [0.717, 1.165) is 22.3 Å². The molecule has 0 spiro atoms. The summed E-state index contributed by atoms with van der Waals surface area (Å²) in [5.41, 5.74) is 4.21. The third-order valence-electron chi connectivity index (χ3n) is 3.24. The molecule has 1 aromatic carbocycles. The molecular formula is C14H18N4S8. The van der Waals surface area contributed by atoms with E-state index in [1.807, 2.05) is 0 Å². The van der Waals surface area contributed by atoms with Crippen LogP contribution >= 0.6 is 99.4 Å². The van der Waals surface area contributed by atoms with Crippen molar-refractivity contribution in [2.75, 3.05) is 0 Å². The Balaban J connectivity index is 3.22. The normalized spacial score (nSPS) is 10.0. The van der Waals surface area contributed by atoms with E-state index in [4.69, 9.17) is 48.9 Å². The average Bonchev–Trinajstić information content (AvgIpc) is 2.54. The summed E-state index contributed by atoms with van der Waals surface area (Å²) in [6.07, 6.45) is 0. The highest BCUT2D eigenvalue weighted by Gasteiger charge is 2.11. The van der Waals surface area contributed by atoms with Gasteiger partial charge in [-0.25, -0.2) is 0 Å². The highest BCUT2D eigenvalue weighted by atomic mass is 32.1. The predicted octanol–water partition coefficient (Wildman–Crippen LogP) is 2.90. The third kappa shape index (κ3) is 9.93. The van der Waals surface area contributed by atoms with Crippen molar-refractivity contribution in [3.05, 3.63) is 34.4 Å². The minimum Gasteiger partial charge on any atom is -0.367 e. The summed E-state index contributed by atoms with van der Waals surface area (Å²) >= 11 is 36.4. The molecule has 0 bridgehead atoms. The quantitative estimate of drug-likeness (QED) is 0.206. The maximum absolute atomic E-state index is 4.99. The Bertz CT molecular complexity index is 592. The number of benzene rings is 1. The Labute approximate surface area is 197 Å². The molecule has 0 heterocycles. The number of hydrogen-bond donors (Lipinski definition) is 8. The van der Waals surface area contributed by atoms with Gasteiger partial charge >= 0.3 is 0 Å². The minimum absolute atomic E-state index is 0.427. The van der Waals surface area contributed by atoms with Crippen LogP contribution in [0.15, 0.2) is 12.1 Å². The molecular weight excluding hydrogens is 481 g/mol. The summed E-state index contributed by atoms with van der Waals surface area (Å²) in [6, 6.07) is 4.16. The van der Waals surface area contributed by atoms with E-state index < -0.39 is 0 Å². The fraction of sp³-hybridized carbons (Fsp3) is 0.286. The summed E-state index contributed by atoms with van der Waals surface area (Å²) in [5.74, 6) is 0. The van der Waals surface area contributed by atoms with E-state index >= 15 is 0 Å². The number of thiol groups is 4. The van der Waals surface area contributed by atoms with E-state index in [1.165, 1.54) is 0 Å². The molecule has 0 saturated carbocycles. The molecule has 1 rings (SSSR count).